The maximum Gasteiger partial charge on any atom is 0.261 e. The van der Waals surface area contributed by atoms with Crippen LogP contribution in [0.3, 0.4) is 0 Å². The molecule has 4 rings (SSSR count). The summed E-state index contributed by atoms with van der Waals surface area (Å²) in [6.45, 7) is 3.61. The van der Waals surface area contributed by atoms with Crippen molar-refractivity contribution < 1.29 is 31.9 Å². The molecule has 0 saturated carbocycles. The summed E-state index contributed by atoms with van der Waals surface area (Å²) in [5, 5.41) is 2.81. The molecule has 1 atom stereocenters. The maximum absolute atomic E-state index is 13.8. The van der Waals surface area contributed by atoms with Gasteiger partial charge in [0.05, 0.1) is 12.0 Å². The molecule has 2 amide bonds. The van der Waals surface area contributed by atoms with E-state index in [1.807, 2.05) is 42.5 Å². The van der Waals surface area contributed by atoms with Gasteiger partial charge < -0.3 is 19.7 Å². The van der Waals surface area contributed by atoms with Gasteiger partial charge >= 0.3 is 0 Å². The highest BCUT2D eigenvalue weighted by molar-refractivity contribution is 7.92. The summed E-state index contributed by atoms with van der Waals surface area (Å²) in [6.07, 6.45) is 1.83. The number of nitrogens with zero attached hydrogens (tertiary/aromatic N) is 1. The molecule has 45 heavy (non-hydrogen) atoms. The average molecular weight is 632 g/mol. The summed E-state index contributed by atoms with van der Waals surface area (Å²) >= 11 is 0. The number of rotatable bonds is 15. The fourth-order valence-corrected chi connectivity index (χ4v) is 5.51. The molecule has 0 radical (unpaired) electrons. The molecule has 0 fully saturated rings. The average Bonchev–Trinajstić information content (AvgIpc) is 3.06. The smallest absolute Gasteiger partial charge is 0.261 e. The first-order valence-corrected chi connectivity index (χ1v) is 15.5. The molecule has 11 heteroatoms. The van der Waals surface area contributed by atoms with Crippen molar-refractivity contribution in [1.82, 2.24) is 10.2 Å². The standard InChI is InChI=1S/C34H34FN3O6S/c1-3-21-36-34(40)32(22-25-7-5-4-6-8-25)38(23-26-9-15-29(43-2)16-10-26)33(39)24-44-30-17-19-31(20-18-30)45(41,42)37-28-13-11-27(35)12-14-28/h3-20,32,37H,1,21-24H2,2H3,(H,36,40). The zero-order chi connectivity index (χ0) is 32.2. The van der Waals surface area contributed by atoms with Crippen molar-refractivity contribution >= 4 is 27.5 Å². The zero-order valence-corrected chi connectivity index (χ0v) is 25.5. The number of hydrogen-bond donors (Lipinski definition) is 2. The van der Waals surface area contributed by atoms with Crippen LogP contribution >= 0.6 is 0 Å². The Bertz CT molecular complexity index is 1680. The number of amides is 2. The van der Waals surface area contributed by atoms with E-state index in [4.69, 9.17) is 9.47 Å². The van der Waals surface area contributed by atoms with Gasteiger partial charge in [0, 0.05) is 25.2 Å². The second-order valence-corrected chi connectivity index (χ2v) is 11.7. The van der Waals surface area contributed by atoms with Gasteiger partial charge in [-0.3, -0.25) is 14.3 Å². The second kappa shape index (κ2) is 15.5. The molecular weight excluding hydrogens is 597 g/mol. The molecule has 4 aromatic rings. The van der Waals surface area contributed by atoms with Crippen molar-refractivity contribution in [2.24, 2.45) is 0 Å². The van der Waals surface area contributed by atoms with E-state index >= 15 is 0 Å². The minimum Gasteiger partial charge on any atom is -0.497 e. The first kappa shape index (κ1) is 32.7. The first-order chi connectivity index (χ1) is 21.7. The van der Waals surface area contributed by atoms with E-state index in [2.05, 4.69) is 16.6 Å². The Kier molecular flexibility index (Phi) is 11.3. The topological polar surface area (TPSA) is 114 Å². The van der Waals surface area contributed by atoms with E-state index < -0.39 is 34.4 Å². The third-order valence-electron chi connectivity index (χ3n) is 6.80. The zero-order valence-electron chi connectivity index (χ0n) is 24.7. The summed E-state index contributed by atoms with van der Waals surface area (Å²) < 4.78 is 52.1. The molecule has 2 N–H and O–H groups in total. The summed E-state index contributed by atoms with van der Waals surface area (Å²) in [5.74, 6) is -0.369. The number of anilines is 1. The number of benzene rings is 4. The monoisotopic (exact) mass is 631 g/mol. The van der Waals surface area contributed by atoms with Crippen molar-refractivity contribution in [3.8, 4) is 11.5 Å². The van der Waals surface area contributed by atoms with Crippen molar-refractivity contribution in [1.29, 1.82) is 0 Å². The van der Waals surface area contributed by atoms with Crippen molar-refractivity contribution in [3.63, 3.8) is 0 Å². The van der Waals surface area contributed by atoms with Gasteiger partial charge in [-0.05, 0) is 71.8 Å². The van der Waals surface area contributed by atoms with E-state index in [0.717, 1.165) is 23.3 Å². The Morgan fingerprint density at radius 1 is 0.889 bits per heavy atom. The SMILES string of the molecule is C=CCNC(=O)C(Cc1ccccc1)N(Cc1ccc(OC)cc1)C(=O)COc1ccc(S(=O)(=O)Nc2ccc(F)cc2)cc1. The lowest BCUT2D eigenvalue weighted by molar-refractivity contribution is -0.142. The predicted octanol–water partition coefficient (Wildman–Crippen LogP) is 4.96. The van der Waals surface area contributed by atoms with Crippen LogP contribution in [-0.4, -0.2) is 51.4 Å². The molecule has 0 aliphatic rings. The quantitative estimate of drug-likeness (QED) is 0.180. The van der Waals surface area contributed by atoms with Gasteiger partial charge in [-0.15, -0.1) is 6.58 Å². The van der Waals surface area contributed by atoms with Gasteiger partial charge in [0.25, 0.3) is 15.9 Å². The lowest BCUT2D eigenvalue weighted by Crippen LogP contribution is -2.51. The van der Waals surface area contributed by atoms with Crippen LogP contribution < -0.4 is 19.5 Å². The summed E-state index contributed by atoms with van der Waals surface area (Å²) in [5.41, 5.74) is 1.86. The van der Waals surface area contributed by atoms with Gasteiger partial charge in [-0.2, -0.15) is 0 Å². The molecule has 0 saturated heterocycles. The lowest BCUT2D eigenvalue weighted by atomic mass is 10.0. The Balaban J connectivity index is 1.53. The molecule has 0 aromatic heterocycles. The molecule has 4 aromatic carbocycles. The predicted molar refractivity (Wildman–Crippen MR) is 170 cm³/mol. The van der Waals surface area contributed by atoms with E-state index in [-0.39, 0.29) is 41.7 Å². The molecule has 0 heterocycles. The van der Waals surface area contributed by atoms with E-state index in [1.54, 1.807) is 25.3 Å². The molecule has 0 bridgehead atoms. The minimum absolute atomic E-state index is 0.0477. The fraction of sp³-hybridized carbons (Fsp3) is 0.176. The van der Waals surface area contributed by atoms with E-state index in [9.17, 15) is 22.4 Å². The van der Waals surface area contributed by atoms with Gasteiger partial charge in [-0.25, -0.2) is 12.8 Å². The largest absolute Gasteiger partial charge is 0.497 e. The van der Waals surface area contributed by atoms with Gasteiger partial charge in [0.1, 0.15) is 23.4 Å². The third kappa shape index (κ3) is 9.41. The highest BCUT2D eigenvalue weighted by Crippen LogP contribution is 2.21. The van der Waals surface area contributed by atoms with E-state index in [0.29, 0.717) is 5.75 Å². The summed E-state index contributed by atoms with van der Waals surface area (Å²) in [7, 11) is -2.39. The van der Waals surface area contributed by atoms with Crippen LogP contribution in [0.4, 0.5) is 10.1 Å². The molecule has 1 unspecified atom stereocenters. The fourth-order valence-electron chi connectivity index (χ4n) is 4.45. The van der Waals surface area contributed by atoms with Crippen LogP contribution in [0.15, 0.2) is 121 Å². The lowest BCUT2D eigenvalue weighted by Gasteiger charge is -2.31. The van der Waals surface area contributed by atoms with Crippen LogP contribution in [0, 0.1) is 5.82 Å². The normalized spacial score (nSPS) is 11.6. The molecule has 0 spiro atoms. The van der Waals surface area contributed by atoms with Crippen molar-refractivity contribution in [3.05, 3.63) is 133 Å². The van der Waals surface area contributed by atoms with Gasteiger partial charge in [0.15, 0.2) is 6.61 Å². The highest BCUT2D eigenvalue weighted by Gasteiger charge is 2.30. The number of hydrogen-bond acceptors (Lipinski definition) is 6. The third-order valence-corrected chi connectivity index (χ3v) is 8.19. The van der Waals surface area contributed by atoms with Gasteiger partial charge in [0.2, 0.25) is 5.91 Å². The maximum atomic E-state index is 13.8. The number of nitrogens with one attached hydrogen (secondary N) is 2. The van der Waals surface area contributed by atoms with Crippen LogP contribution in [0.5, 0.6) is 11.5 Å². The summed E-state index contributed by atoms with van der Waals surface area (Å²) in [4.78, 5) is 28.6. The van der Waals surface area contributed by atoms with Crippen molar-refractivity contribution in [2.45, 2.75) is 23.9 Å². The van der Waals surface area contributed by atoms with Gasteiger partial charge in [-0.1, -0.05) is 48.5 Å². The number of halogens is 1. The Morgan fingerprint density at radius 3 is 2.16 bits per heavy atom. The number of ether oxygens (including phenoxy) is 2. The van der Waals surface area contributed by atoms with Crippen LogP contribution in [0.2, 0.25) is 0 Å². The van der Waals surface area contributed by atoms with Crippen molar-refractivity contribution in [2.75, 3.05) is 25.0 Å². The Hall–Kier alpha value is -5.16. The number of sulfonamides is 1. The Labute approximate surface area is 262 Å². The minimum atomic E-state index is -3.95. The molecular formula is C34H34FN3O6S. The number of carbonyl (C=O) groups excluding carboxylic acids is 2. The second-order valence-electron chi connectivity index (χ2n) is 9.98. The molecule has 234 valence electrons. The number of carbonyl (C=O) groups is 2. The van der Waals surface area contributed by atoms with Crippen LogP contribution in [0.25, 0.3) is 0 Å². The Morgan fingerprint density at radius 2 is 1.53 bits per heavy atom. The van der Waals surface area contributed by atoms with Crippen LogP contribution in [-0.2, 0) is 32.6 Å². The number of methoxy groups -OCH3 is 1. The molecule has 9 nitrogen and oxygen atoms in total. The summed E-state index contributed by atoms with van der Waals surface area (Å²) in [6, 6.07) is 26.2. The van der Waals surface area contributed by atoms with E-state index in [1.165, 1.54) is 41.3 Å². The molecule has 0 aliphatic heterocycles. The first-order valence-electron chi connectivity index (χ1n) is 14.0. The molecule has 0 aliphatic carbocycles. The van der Waals surface area contributed by atoms with Crippen LogP contribution in [0.1, 0.15) is 11.1 Å². The highest BCUT2D eigenvalue weighted by atomic mass is 32.2.